The minimum atomic E-state index is -0.361. The van der Waals surface area contributed by atoms with Gasteiger partial charge in [0.1, 0.15) is 5.82 Å². The van der Waals surface area contributed by atoms with Crippen LogP contribution in [0.2, 0.25) is 10.0 Å². The van der Waals surface area contributed by atoms with Crippen LogP contribution in [0.4, 0.5) is 0 Å². The summed E-state index contributed by atoms with van der Waals surface area (Å²) in [5.74, 6) is 0.413. The van der Waals surface area contributed by atoms with E-state index in [9.17, 15) is 4.79 Å². The van der Waals surface area contributed by atoms with Crippen LogP contribution in [0.5, 0.6) is 0 Å². The third-order valence-electron chi connectivity index (χ3n) is 6.64. The van der Waals surface area contributed by atoms with Gasteiger partial charge in [-0.15, -0.1) is 11.8 Å². The summed E-state index contributed by atoms with van der Waals surface area (Å²) in [6, 6.07) is 30.0. The van der Waals surface area contributed by atoms with Crippen molar-refractivity contribution in [2.24, 2.45) is 0 Å². The normalized spacial score (nSPS) is 11.4. The van der Waals surface area contributed by atoms with Gasteiger partial charge < -0.3 is 9.30 Å². The number of rotatable bonds is 9. The van der Waals surface area contributed by atoms with Crippen molar-refractivity contribution in [2.75, 3.05) is 7.11 Å². The number of hydrogen-bond acceptors (Lipinski definition) is 4. The van der Waals surface area contributed by atoms with Gasteiger partial charge in [0.2, 0.25) is 0 Å². The summed E-state index contributed by atoms with van der Waals surface area (Å²) in [4.78, 5) is 18.0. The second kappa shape index (κ2) is 13.5. The lowest BCUT2D eigenvalue weighted by molar-refractivity contribution is 0.0600. The molecule has 4 aromatic carbocycles. The Bertz CT molecular complexity index is 1710. The molecule has 0 amide bonds. The molecule has 5 aromatic rings. The van der Waals surface area contributed by atoms with Crippen LogP contribution in [0.25, 0.3) is 34.5 Å². The van der Waals surface area contributed by atoms with Crippen LogP contribution in [0.1, 0.15) is 41.2 Å². The Morgan fingerprint density at radius 2 is 1.57 bits per heavy atom. The van der Waals surface area contributed by atoms with Crippen molar-refractivity contribution in [3.05, 3.63) is 130 Å². The quantitative estimate of drug-likeness (QED) is 0.123. The third-order valence-corrected chi connectivity index (χ3v) is 8.20. The van der Waals surface area contributed by atoms with Gasteiger partial charge in [-0.1, -0.05) is 91.7 Å². The Morgan fingerprint density at radius 1 is 0.905 bits per heavy atom. The molecule has 0 bridgehead atoms. The topological polar surface area (TPSA) is 44.1 Å². The molecule has 0 atom stereocenters. The smallest absolute Gasteiger partial charge is 0.337 e. The molecule has 4 nitrogen and oxygen atoms in total. The summed E-state index contributed by atoms with van der Waals surface area (Å²) in [6.45, 7) is 4.96. The van der Waals surface area contributed by atoms with E-state index in [2.05, 4.69) is 73.0 Å². The number of ether oxygens (including phenoxy) is 1. The first kappa shape index (κ1) is 29.7. The van der Waals surface area contributed by atoms with Crippen LogP contribution in [-0.2, 0) is 11.3 Å². The van der Waals surface area contributed by atoms with E-state index < -0.39 is 0 Å². The molecule has 5 rings (SSSR count). The van der Waals surface area contributed by atoms with Crippen molar-refractivity contribution in [2.45, 2.75) is 30.5 Å². The van der Waals surface area contributed by atoms with Crippen LogP contribution in [0, 0.1) is 0 Å². The molecular formula is C35H30Cl2N2O2S. The molecule has 0 radical (unpaired) electrons. The summed E-state index contributed by atoms with van der Waals surface area (Å²) in [7, 11) is 1.38. The lowest BCUT2D eigenvalue weighted by Gasteiger charge is -2.07. The summed E-state index contributed by atoms with van der Waals surface area (Å²) >= 11 is 14.5. The average Bonchev–Trinajstić information content (AvgIpc) is 3.38. The molecule has 1 heterocycles. The Kier molecular flexibility index (Phi) is 9.53. The monoisotopic (exact) mass is 612 g/mol. The van der Waals surface area contributed by atoms with Crippen molar-refractivity contribution >= 4 is 53.1 Å². The van der Waals surface area contributed by atoms with Gasteiger partial charge >= 0.3 is 5.97 Å². The van der Waals surface area contributed by atoms with E-state index in [4.69, 9.17) is 32.9 Å². The molecule has 42 heavy (non-hydrogen) atoms. The summed E-state index contributed by atoms with van der Waals surface area (Å²) in [5.41, 5.74) is 6.50. The third kappa shape index (κ3) is 7.35. The van der Waals surface area contributed by atoms with Gasteiger partial charge in [0.05, 0.1) is 23.4 Å². The van der Waals surface area contributed by atoms with Gasteiger partial charge in [-0.3, -0.25) is 0 Å². The SMILES string of the molecule is COC(=O)c1ccc(Cn2cc(-c3ccc(Cl)cc3Cl)nc2C=Cc2ccc(-c3ccc(SC(C)C)cc3)cc2)cc1. The molecule has 1 aromatic heterocycles. The molecule has 0 aliphatic rings. The number of methoxy groups -OCH3 is 1. The van der Waals surface area contributed by atoms with Gasteiger partial charge in [0.25, 0.3) is 0 Å². The Morgan fingerprint density at radius 3 is 2.19 bits per heavy atom. The number of thioether (sulfide) groups is 1. The largest absolute Gasteiger partial charge is 0.465 e. The molecule has 0 saturated carbocycles. The minimum Gasteiger partial charge on any atom is -0.465 e. The van der Waals surface area contributed by atoms with Crippen molar-refractivity contribution in [3.8, 4) is 22.4 Å². The number of aromatic nitrogens is 2. The van der Waals surface area contributed by atoms with E-state index in [1.165, 1.54) is 23.1 Å². The fourth-order valence-corrected chi connectivity index (χ4v) is 5.88. The molecule has 0 N–H and O–H groups in total. The number of esters is 1. The van der Waals surface area contributed by atoms with Gasteiger partial charge in [0, 0.05) is 33.5 Å². The molecule has 0 spiro atoms. The van der Waals surface area contributed by atoms with Crippen LogP contribution in [-0.4, -0.2) is 27.9 Å². The molecule has 0 fully saturated rings. The highest BCUT2D eigenvalue weighted by Crippen LogP contribution is 2.31. The molecule has 0 unspecified atom stereocenters. The molecule has 0 aliphatic carbocycles. The maximum Gasteiger partial charge on any atom is 0.337 e. The van der Waals surface area contributed by atoms with Crippen LogP contribution in [0.3, 0.4) is 0 Å². The van der Waals surface area contributed by atoms with E-state index in [0.717, 1.165) is 28.2 Å². The predicted octanol–water partition coefficient (Wildman–Crippen LogP) is 10.0. The Hall–Kier alpha value is -3.77. The number of carbonyl (C=O) groups excluding carboxylic acids is 1. The number of benzene rings is 4. The van der Waals surface area contributed by atoms with E-state index in [0.29, 0.717) is 27.4 Å². The number of halogens is 2. The Labute approximate surface area is 261 Å². The highest BCUT2D eigenvalue weighted by molar-refractivity contribution is 7.99. The number of carbonyl (C=O) groups is 1. The summed E-state index contributed by atoms with van der Waals surface area (Å²) < 4.78 is 6.89. The Balaban J connectivity index is 1.40. The van der Waals surface area contributed by atoms with Crippen LogP contribution >= 0.6 is 35.0 Å². The highest BCUT2D eigenvalue weighted by atomic mass is 35.5. The zero-order chi connectivity index (χ0) is 29.6. The molecule has 0 saturated heterocycles. The molecule has 212 valence electrons. The molecule has 7 heteroatoms. The molecule has 0 aliphatic heterocycles. The van der Waals surface area contributed by atoms with Gasteiger partial charge in [-0.05, 0) is 70.8 Å². The fourth-order valence-electron chi connectivity index (χ4n) is 4.53. The maximum atomic E-state index is 11.9. The van der Waals surface area contributed by atoms with E-state index in [1.807, 2.05) is 42.2 Å². The van der Waals surface area contributed by atoms with Crippen molar-refractivity contribution in [1.29, 1.82) is 0 Å². The van der Waals surface area contributed by atoms with Gasteiger partial charge in [0.15, 0.2) is 0 Å². The van der Waals surface area contributed by atoms with E-state index >= 15 is 0 Å². The number of hydrogen-bond donors (Lipinski definition) is 0. The highest BCUT2D eigenvalue weighted by Gasteiger charge is 2.13. The number of imidazole rings is 1. The lowest BCUT2D eigenvalue weighted by atomic mass is 10.0. The van der Waals surface area contributed by atoms with E-state index in [-0.39, 0.29) is 5.97 Å². The van der Waals surface area contributed by atoms with Gasteiger partial charge in [-0.25, -0.2) is 9.78 Å². The van der Waals surface area contributed by atoms with Crippen LogP contribution < -0.4 is 0 Å². The molecular weight excluding hydrogens is 583 g/mol. The summed E-state index contributed by atoms with van der Waals surface area (Å²) in [6.07, 6.45) is 6.04. The zero-order valence-corrected chi connectivity index (χ0v) is 25.9. The van der Waals surface area contributed by atoms with Crippen molar-refractivity contribution in [3.63, 3.8) is 0 Å². The predicted molar refractivity (Wildman–Crippen MR) is 176 cm³/mol. The van der Waals surface area contributed by atoms with Crippen molar-refractivity contribution in [1.82, 2.24) is 9.55 Å². The second-order valence-electron chi connectivity index (χ2n) is 10.1. The first-order valence-electron chi connectivity index (χ1n) is 13.5. The fraction of sp³-hybridized carbons (Fsp3) is 0.143. The van der Waals surface area contributed by atoms with E-state index in [1.54, 1.807) is 24.3 Å². The second-order valence-corrected chi connectivity index (χ2v) is 12.6. The van der Waals surface area contributed by atoms with Crippen molar-refractivity contribution < 1.29 is 9.53 Å². The maximum absolute atomic E-state index is 11.9. The van der Waals surface area contributed by atoms with Gasteiger partial charge in [-0.2, -0.15) is 0 Å². The first-order valence-corrected chi connectivity index (χ1v) is 15.2. The lowest BCUT2D eigenvalue weighted by Crippen LogP contribution is -2.03. The standard InChI is InChI=1S/C35H30Cl2N2O2S/c1-23(2)42-30-16-13-27(14-17-30)26-9-4-24(5-10-26)8-19-34-38-33(31-18-15-29(36)20-32(31)37)22-39(34)21-25-6-11-28(12-7-25)35(40)41-3/h4-20,22-23H,21H2,1-3H3. The average molecular weight is 614 g/mol. The number of nitrogens with zero attached hydrogens (tertiary/aromatic N) is 2. The summed E-state index contributed by atoms with van der Waals surface area (Å²) in [5, 5.41) is 1.67. The van der Waals surface area contributed by atoms with Crippen LogP contribution in [0.15, 0.2) is 102 Å². The first-order chi connectivity index (χ1) is 20.3. The minimum absolute atomic E-state index is 0.361. The zero-order valence-electron chi connectivity index (χ0n) is 23.6.